The highest BCUT2D eigenvalue weighted by atomic mass is 14.9. The summed E-state index contributed by atoms with van der Waals surface area (Å²) in [6, 6.07) is 7.75. The molecule has 1 aromatic carbocycles. The first-order valence-corrected chi connectivity index (χ1v) is 4.07. The molecule has 1 aliphatic rings. The fraction of sp³-hybridized carbons (Fsp3) is 0.100. The van der Waals surface area contributed by atoms with Crippen LogP contribution in [0, 0.1) is 0 Å². The zero-order valence-corrected chi connectivity index (χ0v) is 7.31. The van der Waals surface area contributed by atoms with E-state index >= 15 is 0 Å². The lowest BCUT2D eigenvalue weighted by molar-refractivity contribution is 1.41. The van der Waals surface area contributed by atoms with Gasteiger partial charge in [0.15, 0.2) is 0 Å². The molecule has 0 spiro atoms. The lowest BCUT2D eigenvalue weighted by atomic mass is 10.3. The molecule has 2 rings (SSSR count). The minimum Gasteiger partial charge on any atom is -0.253 e. The molecule has 0 amide bonds. The summed E-state index contributed by atoms with van der Waals surface area (Å²) in [5, 5.41) is 0. The van der Waals surface area contributed by atoms with Crippen molar-refractivity contribution in [3.8, 4) is 0 Å². The van der Waals surface area contributed by atoms with Crippen LogP contribution in [-0.2, 0) is 0 Å². The largest absolute Gasteiger partial charge is 0.253 e. The molecule has 0 fully saturated rings. The summed E-state index contributed by atoms with van der Waals surface area (Å²) >= 11 is 0. The van der Waals surface area contributed by atoms with E-state index in [-0.39, 0.29) is 0 Å². The van der Waals surface area contributed by atoms with Gasteiger partial charge < -0.3 is 0 Å². The normalized spacial score (nSPS) is 14.4. The SMILES string of the molecule is CC1=Nc2ccccc2N=CC=N1. The molecule has 3 heteroatoms. The van der Waals surface area contributed by atoms with Gasteiger partial charge in [0.1, 0.15) is 5.84 Å². The fourth-order valence-electron chi connectivity index (χ4n) is 1.13. The van der Waals surface area contributed by atoms with Crippen LogP contribution in [0.2, 0.25) is 0 Å². The Morgan fingerprint density at radius 2 is 1.62 bits per heavy atom. The second-order valence-electron chi connectivity index (χ2n) is 2.70. The summed E-state index contributed by atoms with van der Waals surface area (Å²) in [5.41, 5.74) is 1.75. The molecule has 0 saturated heterocycles. The van der Waals surface area contributed by atoms with E-state index in [1.165, 1.54) is 0 Å². The molecule has 0 aromatic heterocycles. The molecule has 1 heterocycles. The number of nitrogens with zero attached hydrogens (tertiary/aromatic N) is 3. The molecule has 0 saturated carbocycles. The van der Waals surface area contributed by atoms with Crippen LogP contribution in [-0.4, -0.2) is 18.3 Å². The monoisotopic (exact) mass is 171 g/mol. The van der Waals surface area contributed by atoms with E-state index in [1.54, 1.807) is 12.4 Å². The minimum absolute atomic E-state index is 0.749. The van der Waals surface area contributed by atoms with Gasteiger partial charge in [0.05, 0.1) is 11.4 Å². The molecule has 64 valence electrons. The predicted molar refractivity (Wildman–Crippen MR) is 55.9 cm³/mol. The molecule has 0 aliphatic carbocycles. The summed E-state index contributed by atoms with van der Waals surface area (Å²) in [4.78, 5) is 12.6. The molecule has 0 unspecified atom stereocenters. The van der Waals surface area contributed by atoms with Crippen LogP contribution in [0.25, 0.3) is 0 Å². The van der Waals surface area contributed by atoms with Crippen LogP contribution in [0.1, 0.15) is 6.92 Å². The third-order valence-corrected chi connectivity index (χ3v) is 1.71. The second-order valence-corrected chi connectivity index (χ2v) is 2.70. The molecule has 0 atom stereocenters. The molecule has 1 aliphatic heterocycles. The molecule has 0 N–H and O–H groups in total. The minimum atomic E-state index is 0.749. The maximum absolute atomic E-state index is 4.30. The van der Waals surface area contributed by atoms with Crippen molar-refractivity contribution in [2.24, 2.45) is 15.0 Å². The van der Waals surface area contributed by atoms with Crippen molar-refractivity contribution in [3.63, 3.8) is 0 Å². The highest BCUT2D eigenvalue weighted by Gasteiger charge is 1.99. The van der Waals surface area contributed by atoms with Crippen LogP contribution in [0.4, 0.5) is 11.4 Å². The first-order valence-electron chi connectivity index (χ1n) is 4.07. The lowest BCUT2D eigenvalue weighted by Gasteiger charge is -2.01. The number of aliphatic imine (C=N–C) groups is 3. The number of hydrogen-bond acceptors (Lipinski definition) is 3. The number of rotatable bonds is 0. The number of amidine groups is 1. The molecule has 3 nitrogen and oxygen atoms in total. The second kappa shape index (κ2) is 3.31. The Kier molecular flexibility index (Phi) is 2.00. The van der Waals surface area contributed by atoms with Crippen LogP contribution in [0.15, 0.2) is 39.2 Å². The Balaban J connectivity index is 2.58. The van der Waals surface area contributed by atoms with Crippen molar-refractivity contribution in [2.75, 3.05) is 0 Å². The molecule has 13 heavy (non-hydrogen) atoms. The Morgan fingerprint density at radius 3 is 2.46 bits per heavy atom. The van der Waals surface area contributed by atoms with E-state index in [2.05, 4.69) is 15.0 Å². The van der Waals surface area contributed by atoms with E-state index in [1.807, 2.05) is 31.2 Å². The average molecular weight is 171 g/mol. The zero-order chi connectivity index (χ0) is 9.10. The Bertz CT molecular complexity index is 402. The van der Waals surface area contributed by atoms with E-state index in [9.17, 15) is 0 Å². The Hall–Kier alpha value is -1.77. The van der Waals surface area contributed by atoms with Gasteiger partial charge in [-0.05, 0) is 19.1 Å². The summed E-state index contributed by atoms with van der Waals surface area (Å²) in [7, 11) is 0. The third kappa shape index (κ3) is 1.69. The zero-order valence-electron chi connectivity index (χ0n) is 7.31. The Labute approximate surface area is 76.6 Å². The van der Waals surface area contributed by atoms with E-state index in [0.717, 1.165) is 17.2 Å². The van der Waals surface area contributed by atoms with Crippen LogP contribution >= 0.6 is 0 Å². The van der Waals surface area contributed by atoms with Gasteiger partial charge >= 0.3 is 0 Å². The fourth-order valence-corrected chi connectivity index (χ4v) is 1.13. The first-order chi connectivity index (χ1) is 6.36. The summed E-state index contributed by atoms with van der Waals surface area (Å²) in [6.07, 6.45) is 3.33. The molecule has 1 aromatic rings. The van der Waals surface area contributed by atoms with Gasteiger partial charge in [-0.1, -0.05) is 12.1 Å². The molecular weight excluding hydrogens is 162 g/mol. The van der Waals surface area contributed by atoms with Gasteiger partial charge in [0.25, 0.3) is 0 Å². The van der Waals surface area contributed by atoms with Gasteiger partial charge in [-0.25, -0.2) is 9.98 Å². The van der Waals surface area contributed by atoms with Crippen LogP contribution < -0.4 is 0 Å². The van der Waals surface area contributed by atoms with Gasteiger partial charge in [-0.15, -0.1) is 0 Å². The van der Waals surface area contributed by atoms with Gasteiger partial charge in [-0.3, -0.25) is 4.99 Å². The number of benzene rings is 1. The van der Waals surface area contributed by atoms with Gasteiger partial charge in [0, 0.05) is 12.4 Å². The highest BCUT2D eigenvalue weighted by molar-refractivity contribution is 6.20. The quantitative estimate of drug-likeness (QED) is 0.575. The maximum atomic E-state index is 4.30. The Morgan fingerprint density at radius 1 is 0.923 bits per heavy atom. The summed E-state index contributed by atoms with van der Waals surface area (Å²) in [5.74, 6) is 0.749. The van der Waals surface area contributed by atoms with Crippen molar-refractivity contribution >= 4 is 29.6 Å². The molecular formula is C10H9N3. The van der Waals surface area contributed by atoms with Crippen molar-refractivity contribution in [1.82, 2.24) is 0 Å². The highest BCUT2D eigenvalue weighted by Crippen LogP contribution is 2.27. The third-order valence-electron chi connectivity index (χ3n) is 1.71. The standard InChI is InChI=1S/C10H9N3/c1-8-11-6-7-12-9-4-2-3-5-10(9)13-8/h2-7H,1H3. The molecule has 0 bridgehead atoms. The van der Waals surface area contributed by atoms with E-state index in [0.29, 0.717) is 0 Å². The topological polar surface area (TPSA) is 37.1 Å². The van der Waals surface area contributed by atoms with Crippen molar-refractivity contribution in [1.29, 1.82) is 0 Å². The number of hydrogen-bond donors (Lipinski definition) is 0. The average Bonchev–Trinajstić information content (AvgIpc) is 2.11. The lowest BCUT2D eigenvalue weighted by Crippen LogP contribution is -1.89. The van der Waals surface area contributed by atoms with Gasteiger partial charge in [-0.2, -0.15) is 0 Å². The van der Waals surface area contributed by atoms with Crippen LogP contribution in [0.3, 0.4) is 0 Å². The van der Waals surface area contributed by atoms with Crippen molar-refractivity contribution < 1.29 is 0 Å². The predicted octanol–water partition coefficient (Wildman–Crippen LogP) is 2.52. The maximum Gasteiger partial charge on any atom is 0.126 e. The van der Waals surface area contributed by atoms with Gasteiger partial charge in [0.2, 0.25) is 0 Å². The number of para-hydroxylation sites is 2. The van der Waals surface area contributed by atoms with Crippen molar-refractivity contribution in [3.05, 3.63) is 24.3 Å². The summed E-state index contributed by atoms with van der Waals surface area (Å²) in [6.45, 7) is 1.87. The first kappa shape index (κ1) is 7.86. The van der Waals surface area contributed by atoms with E-state index in [4.69, 9.17) is 0 Å². The summed E-state index contributed by atoms with van der Waals surface area (Å²) < 4.78 is 0. The van der Waals surface area contributed by atoms with Crippen molar-refractivity contribution in [2.45, 2.75) is 6.92 Å². The number of fused-ring (bicyclic) bond motifs is 1. The smallest absolute Gasteiger partial charge is 0.126 e. The molecule has 0 radical (unpaired) electrons. The van der Waals surface area contributed by atoms with E-state index < -0.39 is 0 Å². The van der Waals surface area contributed by atoms with Crippen LogP contribution in [0.5, 0.6) is 0 Å².